The summed E-state index contributed by atoms with van der Waals surface area (Å²) >= 11 is 5.71. The predicted octanol–water partition coefficient (Wildman–Crippen LogP) is 3.28. The van der Waals surface area contributed by atoms with Crippen LogP contribution < -0.4 is 0 Å². The van der Waals surface area contributed by atoms with Crippen LogP contribution in [0.5, 0.6) is 0 Å². The van der Waals surface area contributed by atoms with Crippen molar-refractivity contribution in [3.05, 3.63) is 35.4 Å². The maximum Gasteiger partial charge on any atom is 0.0825 e. The van der Waals surface area contributed by atoms with Gasteiger partial charge in [-0.2, -0.15) is 0 Å². The SMILES string of the molecule is ClCc1ccc(C2CCCO2)cc1. The predicted molar refractivity (Wildman–Crippen MR) is 53.9 cm³/mol. The van der Waals surface area contributed by atoms with Crippen LogP contribution in [0.25, 0.3) is 0 Å². The molecule has 0 aliphatic carbocycles. The first-order valence-electron chi connectivity index (χ1n) is 4.66. The van der Waals surface area contributed by atoms with E-state index in [4.69, 9.17) is 16.3 Å². The fraction of sp³-hybridized carbons (Fsp3) is 0.455. The van der Waals surface area contributed by atoms with E-state index in [1.54, 1.807) is 0 Å². The van der Waals surface area contributed by atoms with Gasteiger partial charge in [0, 0.05) is 12.5 Å². The van der Waals surface area contributed by atoms with Crippen molar-refractivity contribution in [1.29, 1.82) is 0 Å². The Morgan fingerprint density at radius 3 is 2.62 bits per heavy atom. The zero-order valence-corrected chi connectivity index (χ0v) is 8.26. The summed E-state index contributed by atoms with van der Waals surface area (Å²) in [6.07, 6.45) is 2.66. The summed E-state index contributed by atoms with van der Waals surface area (Å²) in [5.41, 5.74) is 2.45. The summed E-state index contributed by atoms with van der Waals surface area (Å²) in [6.45, 7) is 0.905. The molecule has 1 heterocycles. The second-order valence-electron chi connectivity index (χ2n) is 3.38. The third-order valence-corrected chi connectivity index (χ3v) is 2.74. The van der Waals surface area contributed by atoms with Crippen LogP contribution in [0, 0.1) is 0 Å². The molecule has 1 fully saturated rings. The highest BCUT2D eigenvalue weighted by molar-refractivity contribution is 6.17. The standard InChI is InChI=1S/C11H13ClO/c12-8-9-3-5-10(6-4-9)11-2-1-7-13-11/h3-6,11H,1-2,7-8H2. The monoisotopic (exact) mass is 196 g/mol. The molecule has 1 aliphatic rings. The van der Waals surface area contributed by atoms with Crippen molar-refractivity contribution >= 4 is 11.6 Å². The molecule has 1 nitrogen and oxygen atoms in total. The van der Waals surface area contributed by atoms with E-state index in [9.17, 15) is 0 Å². The molecule has 2 heteroatoms. The molecule has 1 aliphatic heterocycles. The number of benzene rings is 1. The summed E-state index contributed by atoms with van der Waals surface area (Å²) in [4.78, 5) is 0. The summed E-state index contributed by atoms with van der Waals surface area (Å²) < 4.78 is 5.58. The lowest BCUT2D eigenvalue weighted by Crippen LogP contribution is -1.95. The van der Waals surface area contributed by atoms with Crippen molar-refractivity contribution in [2.24, 2.45) is 0 Å². The van der Waals surface area contributed by atoms with Crippen LogP contribution in [0.3, 0.4) is 0 Å². The Kier molecular flexibility index (Phi) is 2.87. The molecule has 0 aromatic heterocycles. The molecule has 2 rings (SSSR count). The molecule has 1 unspecified atom stereocenters. The van der Waals surface area contributed by atoms with Crippen molar-refractivity contribution < 1.29 is 4.74 Å². The Morgan fingerprint density at radius 2 is 2.08 bits per heavy atom. The Balaban J connectivity index is 2.12. The van der Waals surface area contributed by atoms with Crippen molar-refractivity contribution in [2.75, 3.05) is 6.61 Å². The minimum Gasteiger partial charge on any atom is -0.374 e. The Morgan fingerprint density at radius 1 is 1.31 bits per heavy atom. The molecular weight excluding hydrogens is 184 g/mol. The molecule has 1 aromatic rings. The first-order valence-corrected chi connectivity index (χ1v) is 5.20. The van der Waals surface area contributed by atoms with Gasteiger partial charge < -0.3 is 4.74 Å². The number of hydrogen-bond acceptors (Lipinski definition) is 1. The van der Waals surface area contributed by atoms with Gasteiger partial charge in [-0.3, -0.25) is 0 Å². The number of rotatable bonds is 2. The number of ether oxygens (including phenoxy) is 1. The van der Waals surface area contributed by atoms with Crippen molar-refractivity contribution in [3.8, 4) is 0 Å². The molecule has 1 saturated heterocycles. The van der Waals surface area contributed by atoms with E-state index in [0.29, 0.717) is 12.0 Å². The van der Waals surface area contributed by atoms with Gasteiger partial charge in [0.25, 0.3) is 0 Å². The van der Waals surface area contributed by atoms with Gasteiger partial charge in [-0.25, -0.2) is 0 Å². The average molecular weight is 197 g/mol. The first kappa shape index (κ1) is 9.04. The Labute approximate surface area is 83.7 Å². The Bertz CT molecular complexity index is 262. The summed E-state index contributed by atoms with van der Waals surface area (Å²) in [5.74, 6) is 0.589. The van der Waals surface area contributed by atoms with Crippen molar-refractivity contribution in [2.45, 2.75) is 24.8 Å². The fourth-order valence-corrected chi connectivity index (χ4v) is 1.84. The molecule has 1 atom stereocenters. The maximum absolute atomic E-state index is 5.71. The van der Waals surface area contributed by atoms with E-state index in [1.807, 2.05) is 0 Å². The lowest BCUT2D eigenvalue weighted by molar-refractivity contribution is 0.112. The number of alkyl halides is 1. The van der Waals surface area contributed by atoms with Crippen LogP contribution >= 0.6 is 11.6 Å². The van der Waals surface area contributed by atoms with E-state index < -0.39 is 0 Å². The third kappa shape index (κ3) is 2.04. The second kappa shape index (κ2) is 4.12. The van der Waals surface area contributed by atoms with Gasteiger partial charge in [0.05, 0.1) is 6.10 Å². The third-order valence-electron chi connectivity index (χ3n) is 2.44. The fourth-order valence-electron chi connectivity index (χ4n) is 1.66. The zero-order valence-electron chi connectivity index (χ0n) is 7.50. The van der Waals surface area contributed by atoms with Gasteiger partial charge in [-0.1, -0.05) is 24.3 Å². The molecule has 1 aromatic carbocycles. The van der Waals surface area contributed by atoms with Crippen LogP contribution in [-0.4, -0.2) is 6.61 Å². The molecule has 0 radical (unpaired) electrons. The van der Waals surface area contributed by atoms with Crippen LogP contribution in [0.4, 0.5) is 0 Å². The van der Waals surface area contributed by atoms with Crippen LogP contribution in [0.2, 0.25) is 0 Å². The Hall–Kier alpha value is -0.530. The number of hydrogen-bond donors (Lipinski definition) is 0. The second-order valence-corrected chi connectivity index (χ2v) is 3.64. The van der Waals surface area contributed by atoms with Gasteiger partial charge >= 0.3 is 0 Å². The highest BCUT2D eigenvalue weighted by Crippen LogP contribution is 2.28. The topological polar surface area (TPSA) is 9.23 Å². The summed E-state index contributed by atoms with van der Waals surface area (Å²) in [6, 6.07) is 8.38. The van der Waals surface area contributed by atoms with Crippen LogP contribution in [-0.2, 0) is 10.6 Å². The lowest BCUT2D eigenvalue weighted by atomic mass is 10.1. The largest absolute Gasteiger partial charge is 0.374 e. The minimum atomic E-state index is 0.323. The molecule has 0 spiro atoms. The normalized spacial score (nSPS) is 22.1. The number of halogens is 1. The van der Waals surface area contributed by atoms with E-state index in [1.165, 1.54) is 17.5 Å². The van der Waals surface area contributed by atoms with E-state index >= 15 is 0 Å². The quantitative estimate of drug-likeness (QED) is 0.660. The summed E-state index contributed by atoms with van der Waals surface area (Å²) in [5, 5.41) is 0. The zero-order chi connectivity index (χ0) is 9.10. The summed E-state index contributed by atoms with van der Waals surface area (Å²) in [7, 11) is 0. The average Bonchev–Trinajstić information content (AvgIpc) is 2.71. The smallest absolute Gasteiger partial charge is 0.0825 e. The van der Waals surface area contributed by atoms with Gasteiger partial charge in [-0.15, -0.1) is 11.6 Å². The van der Waals surface area contributed by atoms with Crippen molar-refractivity contribution in [1.82, 2.24) is 0 Å². The molecule has 0 bridgehead atoms. The van der Waals surface area contributed by atoms with Crippen LogP contribution in [0.15, 0.2) is 24.3 Å². The molecule has 0 N–H and O–H groups in total. The maximum atomic E-state index is 5.71. The van der Waals surface area contributed by atoms with Crippen molar-refractivity contribution in [3.63, 3.8) is 0 Å². The molecule has 13 heavy (non-hydrogen) atoms. The molecule has 0 amide bonds. The molecular formula is C11H13ClO. The molecule has 0 saturated carbocycles. The van der Waals surface area contributed by atoms with Crippen LogP contribution in [0.1, 0.15) is 30.1 Å². The van der Waals surface area contributed by atoms with Gasteiger partial charge in [-0.05, 0) is 24.0 Å². The minimum absolute atomic E-state index is 0.323. The highest BCUT2D eigenvalue weighted by Gasteiger charge is 2.16. The van der Waals surface area contributed by atoms with E-state index in [2.05, 4.69) is 24.3 Å². The lowest BCUT2D eigenvalue weighted by Gasteiger charge is -2.09. The highest BCUT2D eigenvalue weighted by atomic mass is 35.5. The van der Waals surface area contributed by atoms with E-state index in [0.717, 1.165) is 13.0 Å². The van der Waals surface area contributed by atoms with Gasteiger partial charge in [0.2, 0.25) is 0 Å². The van der Waals surface area contributed by atoms with E-state index in [-0.39, 0.29) is 0 Å². The van der Waals surface area contributed by atoms with Gasteiger partial charge in [0.1, 0.15) is 0 Å². The molecule has 70 valence electrons. The first-order chi connectivity index (χ1) is 6.40. The van der Waals surface area contributed by atoms with Gasteiger partial charge in [0.15, 0.2) is 0 Å².